The van der Waals surface area contributed by atoms with E-state index >= 15 is 0 Å². The molecule has 0 unspecified atom stereocenters. The summed E-state index contributed by atoms with van der Waals surface area (Å²) in [6.45, 7) is 4.00. The number of aromatic nitrogens is 5. The van der Waals surface area contributed by atoms with Crippen molar-refractivity contribution in [2.75, 3.05) is 25.1 Å². The number of anilines is 1. The minimum absolute atomic E-state index is 0.333. The standard InChI is InChI=1S/C21H22N6O/c1-14-13-18(16-5-3-4-6-17(16)22-14)26-11-9-15(10-12-26)21-24-23-19-7-8-20(28-2)25-27(19)21/h3-8,13,15H,9-12H2,1-2H3. The SMILES string of the molecule is COc1ccc2nnc(C3CCN(c4cc(C)nc5ccccc45)CC3)n2n1. The number of fused-ring (bicyclic) bond motifs is 2. The highest BCUT2D eigenvalue weighted by Crippen LogP contribution is 2.33. The number of nitrogens with zero attached hydrogens (tertiary/aromatic N) is 6. The molecule has 3 aromatic heterocycles. The molecule has 0 radical (unpaired) electrons. The van der Waals surface area contributed by atoms with Gasteiger partial charge in [0.05, 0.1) is 12.6 Å². The van der Waals surface area contributed by atoms with Gasteiger partial charge in [0, 0.05) is 41.8 Å². The van der Waals surface area contributed by atoms with Gasteiger partial charge in [0.1, 0.15) is 0 Å². The number of pyridine rings is 1. The highest BCUT2D eigenvalue weighted by Gasteiger charge is 2.26. The van der Waals surface area contributed by atoms with Crippen molar-refractivity contribution in [3.63, 3.8) is 0 Å². The lowest BCUT2D eigenvalue weighted by Crippen LogP contribution is -2.33. The van der Waals surface area contributed by atoms with Gasteiger partial charge in [-0.3, -0.25) is 4.98 Å². The van der Waals surface area contributed by atoms with E-state index in [4.69, 9.17) is 4.74 Å². The summed E-state index contributed by atoms with van der Waals surface area (Å²) in [6.07, 6.45) is 2.02. The molecule has 28 heavy (non-hydrogen) atoms. The molecule has 1 saturated heterocycles. The number of hydrogen-bond acceptors (Lipinski definition) is 6. The Kier molecular flexibility index (Phi) is 4.07. The first-order valence-electron chi connectivity index (χ1n) is 9.60. The van der Waals surface area contributed by atoms with E-state index in [2.05, 4.69) is 56.4 Å². The van der Waals surface area contributed by atoms with Gasteiger partial charge in [0.15, 0.2) is 11.5 Å². The average molecular weight is 374 g/mol. The van der Waals surface area contributed by atoms with Crippen LogP contribution >= 0.6 is 0 Å². The second-order valence-corrected chi connectivity index (χ2v) is 7.27. The fraction of sp³-hybridized carbons (Fsp3) is 0.333. The molecular formula is C21H22N6O. The Morgan fingerprint density at radius 2 is 1.86 bits per heavy atom. The van der Waals surface area contributed by atoms with Crippen LogP contribution in [0.3, 0.4) is 0 Å². The Labute approximate surface area is 163 Å². The average Bonchev–Trinajstić information content (AvgIpc) is 3.16. The quantitative estimate of drug-likeness (QED) is 0.548. The van der Waals surface area contributed by atoms with E-state index in [1.54, 1.807) is 7.11 Å². The summed E-state index contributed by atoms with van der Waals surface area (Å²) in [7, 11) is 1.62. The number of methoxy groups -OCH3 is 1. The Hall–Kier alpha value is -3.22. The third-order valence-electron chi connectivity index (χ3n) is 5.49. The molecule has 5 rings (SSSR count). The third-order valence-corrected chi connectivity index (χ3v) is 5.49. The number of hydrogen-bond donors (Lipinski definition) is 0. The molecule has 0 bridgehead atoms. The van der Waals surface area contributed by atoms with Crippen LogP contribution in [0.15, 0.2) is 42.5 Å². The number of para-hydroxylation sites is 1. The molecular weight excluding hydrogens is 352 g/mol. The van der Waals surface area contributed by atoms with Gasteiger partial charge >= 0.3 is 0 Å². The molecule has 142 valence electrons. The van der Waals surface area contributed by atoms with E-state index in [1.165, 1.54) is 11.1 Å². The summed E-state index contributed by atoms with van der Waals surface area (Å²) < 4.78 is 7.08. The molecule has 7 heteroatoms. The molecule has 0 spiro atoms. The maximum atomic E-state index is 5.26. The van der Waals surface area contributed by atoms with Gasteiger partial charge in [-0.2, -0.15) is 4.52 Å². The predicted molar refractivity (Wildman–Crippen MR) is 108 cm³/mol. The molecule has 4 aromatic rings. The summed E-state index contributed by atoms with van der Waals surface area (Å²) in [5.41, 5.74) is 4.14. The van der Waals surface area contributed by atoms with Crippen LogP contribution in [-0.4, -0.2) is 45.0 Å². The first-order valence-corrected chi connectivity index (χ1v) is 9.60. The van der Waals surface area contributed by atoms with E-state index in [0.29, 0.717) is 11.8 Å². The van der Waals surface area contributed by atoms with Crippen molar-refractivity contribution in [3.8, 4) is 5.88 Å². The zero-order valence-electron chi connectivity index (χ0n) is 16.0. The zero-order valence-corrected chi connectivity index (χ0v) is 16.0. The fourth-order valence-corrected chi connectivity index (χ4v) is 4.08. The van der Waals surface area contributed by atoms with Gasteiger partial charge in [-0.1, -0.05) is 18.2 Å². The molecule has 0 aliphatic carbocycles. The molecule has 1 aromatic carbocycles. The van der Waals surface area contributed by atoms with Crippen molar-refractivity contribution in [1.82, 2.24) is 24.8 Å². The van der Waals surface area contributed by atoms with E-state index < -0.39 is 0 Å². The maximum Gasteiger partial charge on any atom is 0.231 e. The van der Waals surface area contributed by atoms with Crippen LogP contribution in [0, 0.1) is 6.92 Å². The monoisotopic (exact) mass is 374 g/mol. The van der Waals surface area contributed by atoms with Gasteiger partial charge in [-0.25, -0.2) is 0 Å². The summed E-state index contributed by atoms with van der Waals surface area (Å²) in [6, 6.07) is 14.3. The Morgan fingerprint density at radius 3 is 2.68 bits per heavy atom. The molecule has 1 aliphatic rings. The lowest BCUT2D eigenvalue weighted by atomic mass is 9.95. The van der Waals surface area contributed by atoms with Gasteiger partial charge < -0.3 is 9.64 Å². The minimum Gasteiger partial charge on any atom is -0.480 e. The van der Waals surface area contributed by atoms with Crippen molar-refractivity contribution in [2.45, 2.75) is 25.7 Å². The summed E-state index contributed by atoms with van der Waals surface area (Å²) in [5.74, 6) is 1.83. The number of benzene rings is 1. The van der Waals surface area contributed by atoms with Crippen molar-refractivity contribution in [1.29, 1.82) is 0 Å². The Balaban J connectivity index is 1.42. The van der Waals surface area contributed by atoms with Crippen LogP contribution in [0.1, 0.15) is 30.3 Å². The molecule has 4 heterocycles. The first-order chi connectivity index (χ1) is 13.7. The summed E-state index contributed by atoms with van der Waals surface area (Å²) in [5, 5.41) is 14.4. The van der Waals surface area contributed by atoms with Gasteiger partial charge in [0.25, 0.3) is 0 Å². The van der Waals surface area contributed by atoms with Crippen LogP contribution in [0.5, 0.6) is 5.88 Å². The van der Waals surface area contributed by atoms with Crippen LogP contribution in [0.25, 0.3) is 16.6 Å². The van der Waals surface area contributed by atoms with E-state index in [0.717, 1.165) is 48.6 Å². The van der Waals surface area contributed by atoms with Gasteiger partial charge in [0.2, 0.25) is 5.88 Å². The highest BCUT2D eigenvalue weighted by molar-refractivity contribution is 5.92. The highest BCUT2D eigenvalue weighted by atomic mass is 16.5. The molecule has 0 saturated carbocycles. The first kappa shape index (κ1) is 16.9. The second-order valence-electron chi connectivity index (χ2n) is 7.27. The smallest absolute Gasteiger partial charge is 0.231 e. The van der Waals surface area contributed by atoms with E-state index in [9.17, 15) is 0 Å². The van der Waals surface area contributed by atoms with E-state index in [1.807, 2.05) is 22.7 Å². The molecule has 1 fully saturated rings. The van der Waals surface area contributed by atoms with Crippen LogP contribution in [-0.2, 0) is 0 Å². The Bertz CT molecular complexity index is 1150. The molecule has 0 atom stereocenters. The number of aryl methyl sites for hydroxylation is 1. The van der Waals surface area contributed by atoms with Crippen molar-refractivity contribution in [2.24, 2.45) is 0 Å². The fourth-order valence-electron chi connectivity index (χ4n) is 4.08. The minimum atomic E-state index is 0.333. The second kappa shape index (κ2) is 6.74. The zero-order chi connectivity index (χ0) is 19.1. The number of piperidine rings is 1. The molecule has 1 aliphatic heterocycles. The third kappa shape index (κ3) is 2.83. The van der Waals surface area contributed by atoms with Gasteiger partial charge in [-0.05, 0) is 38.0 Å². The molecule has 7 nitrogen and oxygen atoms in total. The largest absolute Gasteiger partial charge is 0.480 e. The summed E-state index contributed by atoms with van der Waals surface area (Å²) >= 11 is 0. The van der Waals surface area contributed by atoms with E-state index in [-0.39, 0.29) is 0 Å². The lowest BCUT2D eigenvalue weighted by molar-refractivity contribution is 0.387. The topological polar surface area (TPSA) is 68.4 Å². The molecule has 0 amide bonds. The van der Waals surface area contributed by atoms with Crippen LogP contribution in [0.2, 0.25) is 0 Å². The van der Waals surface area contributed by atoms with Crippen molar-refractivity contribution < 1.29 is 4.74 Å². The predicted octanol–water partition coefficient (Wildman–Crippen LogP) is 3.37. The van der Waals surface area contributed by atoms with Crippen LogP contribution < -0.4 is 9.64 Å². The maximum absolute atomic E-state index is 5.26. The summed E-state index contributed by atoms with van der Waals surface area (Å²) in [4.78, 5) is 7.13. The number of rotatable bonds is 3. The normalized spacial score (nSPS) is 15.4. The van der Waals surface area contributed by atoms with Gasteiger partial charge in [-0.15, -0.1) is 15.3 Å². The van der Waals surface area contributed by atoms with Crippen molar-refractivity contribution in [3.05, 3.63) is 54.0 Å². The molecule has 0 N–H and O–H groups in total. The lowest BCUT2D eigenvalue weighted by Gasteiger charge is -2.33. The number of ether oxygens (including phenoxy) is 1. The van der Waals surface area contributed by atoms with Crippen LogP contribution in [0.4, 0.5) is 5.69 Å². The van der Waals surface area contributed by atoms with Crippen molar-refractivity contribution >= 4 is 22.2 Å². The Morgan fingerprint density at radius 1 is 1.04 bits per heavy atom.